The van der Waals surface area contributed by atoms with E-state index in [-0.39, 0.29) is 24.9 Å². The van der Waals surface area contributed by atoms with Crippen molar-refractivity contribution in [1.82, 2.24) is 0 Å². The Morgan fingerprint density at radius 3 is 2.48 bits per heavy atom. The van der Waals surface area contributed by atoms with Gasteiger partial charge in [-0.15, -0.1) is 0 Å². The van der Waals surface area contributed by atoms with Gasteiger partial charge in [0.05, 0.1) is 6.04 Å². The number of nitrogens with two attached hydrogens (primary N) is 1. The molecule has 7 heteroatoms. The zero-order valence-electron chi connectivity index (χ0n) is 11.8. The highest BCUT2D eigenvalue weighted by atomic mass is 79.9. The summed E-state index contributed by atoms with van der Waals surface area (Å²) in [7, 11) is 0. The fourth-order valence-electron chi connectivity index (χ4n) is 2.72. The zero-order valence-corrected chi connectivity index (χ0v) is 14.2. The van der Waals surface area contributed by atoms with Gasteiger partial charge in [-0.2, -0.15) is 11.3 Å². The van der Waals surface area contributed by atoms with E-state index in [0.717, 1.165) is 0 Å². The first-order valence-electron chi connectivity index (χ1n) is 6.88. The number of rotatable bonds is 0. The number of nitrogens with zero attached hydrogens (tertiary/aromatic N) is 1. The molecule has 3 nitrogen and oxygen atoms in total. The van der Waals surface area contributed by atoms with Crippen LogP contribution in [0, 0.1) is 0 Å². The van der Waals surface area contributed by atoms with Crippen LogP contribution in [0.15, 0.2) is 26.3 Å². The normalized spacial score (nSPS) is 26.3. The maximum atomic E-state index is 13.0. The third-order valence-corrected chi connectivity index (χ3v) is 5.19. The predicted molar refractivity (Wildman–Crippen MR) is 85.0 cm³/mol. The number of aliphatic imine (C=N–C) groups is 1. The highest BCUT2D eigenvalue weighted by molar-refractivity contribution is 9.10. The topological polar surface area (TPSA) is 47.6 Å². The Balaban J connectivity index is 0.000000225. The van der Waals surface area contributed by atoms with Crippen LogP contribution in [-0.2, 0) is 4.74 Å². The monoisotopic (exact) mass is 380 g/mol. The van der Waals surface area contributed by atoms with Crippen LogP contribution < -0.4 is 5.73 Å². The lowest BCUT2D eigenvalue weighted by atomic mass is 9.78. The van der Waals surface area contributed by atoms with Crippen molar-refractivity contribution in [2.24, 2.45) is 10.7 Å². The standard InChI is InChI=1S/C10H16F2N2O.C4H3BrS/c1-7-6-9(15-8(13)14-7)2-4-10(11,12)5-3-9;5-4-1-2-6-3-4/h7H,2-6H2,1H3,(H2,13,14);1-3H. The fourth-order valence-corrected chi connectivity index (χ4v) is 3.86. The molecule has 0 aromatic carbocycles. The molecule has 1 saturated carbocycles. The van der Waals surface area contributed by atoms with Crippen LogP contribution in [-0.4, -0.2) is 23.6 Å². The van der Waals surface area contributed by atoms with Crippen molar-refractivity contribution in [3.63, 3.8) is 0 Å². The average molecular weight is 381 g/mol. The number of thiophene rings is 1. The quantitative estimate of drug-likeness (QED) is 0.716. The average Bonchev–Trinajstić information content (AvgIpc) is 2.85. The Labute approximate surface area is 135 Å². The molecule has 21 heavy (non-hydrogen) atoms. The van der Waals surface area contributed by atoms with E-state index in [4.69, 9.17) is 10.5 Å². The molecule has 1 atom stereocenters. The SMILES string of the molecule is Brc1ccsc1.CC1CC2(CCC(F)(F)CC2)OC(N)=N1. The third-order valence-electron chi connectivity index (χ3n) is 3.72. The van der Waals surface area contributed by atoms with Gasteiger partial charge in [0.25, 0.3) is 6.02 Å². The molecule has 2 N–H and O–H groups in total. The largest absolute Gasteiger partial charge is 0.459 e. The van der Waals surface area contributed by atoms with E-state index in [1.165, 1.54) is 4.47 Å². The van der Waals surface area contributed by atoms with E-state index in [0.29, 0.717) is 19.3 Å². The molecule has 1 aromatic rings. The summed E-state index contributed by atoms with van der Waals surface area (Å²) in [5.74, 6) is -2.53. The van der Waals surface area contributed by atoms with Crippen LogP contribution in [0.3, 0.4) is 0 Å². The third kappa shape index (κ3) is 4.92. The van der Waals surface area contributed by atoms with Crippen LogP contribution >= 0.6 is 27.3 Å². The zero-order chi connectivity index (χ0) is 15.5. The van der Waals surface area contributed by atoms with Crippen molar-refractivity contribution >= 4 is 33.3 Å². The summed E-state index contributed by atoms with van der Waals surface area (Å²) in [6, 6.07) is 2.24. The lowest BCUT2D eigenvalue weighted by molar-refractivity contribution is -0.106. The summed E-state index contributed by atoms with van der Waals surface area (Å²) in [5, 5.41) is 4.07. The van der Waals surface area contributed by atoms with Gasteiger partial charge in [0.2, 0.25) is 5.92 Å². The molecule has 1 spiro atoms. The number of hydrogen-bond acceptors (Lipinski definition) is 4. The number of alkyl halides is 2. The molecule has 1 unspecified atom stereocenters. The second kappa shape index (κ2) is 6.60. The molecule has 0 amide bonds. The molecule has 3 rings (SSSR count). The van der Waals surface area contributed by atoms with Crippen LogP contribution in [0.25, 0.3) is 0 Å². The van der Waals surface area contributed by atoms with Gasteiger partial charge < -0.3 is 10.5 Å². The van der Waals surface area contributed by atoms with Crippen LogP contribution in [0.5, 0.6) is 0 Å². The lowest BCUT2D eigenvalue weighted by Crippen LogP contribution is -2.48. The van der Waals surface area contributed by atoms with Gasteiger partial charge >= 0.3 is 0 Å². The number of ether oxygens (including phenoxy) is 1. The lowest BCUT2D eigenvalue weighted by Gasteiger charge is -2.42. The molecule has 2 aliphatic rings. The highest BCUT2D eigenvalue weighted by Gasteiger charge is 2.47. The molecule has 1 fully saturated rings. The fraction of sp³-hybridized carbons (Fsp3) is 0.643. The van der Waals surface area contributed by atoms with Crippen LogP contribution in [0.2, 0.25) is 0 Å². The summed E-state index contributed by atoms with van der Waals surface area (Å²) in [4.78, 5) is 4.05. The van der Waals surface area contributed by atoms with Gasteiger partial charge in [0, 0.05) is 29.1 Å². The molecule has 0 radical (unpaired) electrons. The Morgan fingerprint density at radius 2 is 2.05 bits per heavy atom. The van der Waals surface area contributed by atoms with Gasteiger partial charge in [-0.25, -0.2) is 13.8 Å². The minimum absolute atomic E-state index is 0.0745. The van der Waals surface area contributed by atoms with Crippen molar-refractivity contribution in [1.29, 1.82) is 0 Å². The summed E-state index contributed by atoms with van der Waals surface area (Å²) in [5.41, 5.74) is 5.06. The van der Waals surface area contributed by atoms with E-state index in [1.54, 1.807) is 11.3 Å². The Kier molecular flexibility index (Phi) is 5.24. The summed E-state index contributed by atoms with van der Waals surface area (Å²) in [6.07, 6.45) is 1.24. The van der Waals surface area contributed by atoms with Crippen molar-refractivity contribution in [3.8, 4) is 0 Å². The molecular weight excluding hydrogens is 362 g/mol. The number of amidine groups is 1. The molecule has 0 bridgehead atoms. The molecule has 2 heterocycles. The van der Waals surface area contributed by atoms with Crippen molar-refractivity contribution in [2.45, 2.75) is 56.6 Å². The number of halogens is 3. The minimum atomic E-state index is -2.53. The Bertz CT molecular complexity index is 483. The molecular formula is C14H19BrF2N2OS. The Morgan fingerprint density at radius 1 is 1.38 bits per heavy atom. The van der Waals surface area contributed by atoms with E-state index in [2.05, 4.69) is 20.9 Å². The van der Waals surface area contributed by atoms with Gasteiger partial charge in [-0.3, -0.25) is 0 Å². The molecule has 1 aliphatic heterocycles. The van der Waals surface area contributed by atoms with Gasteiger partial charge in [-0.05, 0) is 47.1 Å². The first kappa shape index (κ1) is 16.7. The molecule has 1 aliphatic carbocycles. The van der Waals surface area contributed by atoms with Gasteiger partial charge in [0.1, 0.15) is 5.60 Å². The molecule has 1 aromatic heterocycles. The van der Waals surface area contributed by atoms with Gasteiger partial charge in [0.15, 0.2) is 0 Å². The Hall–Kier alpha value is -0.690. The summed E-state index contributed by atoms with van der Waals surface area (Å²) < 4.78 is 32.7. The van der Waals surface area contributed by atoms with Gasteiger partial charge in [-0.1, -0.05) is 0 Å². The first-order valence-corrected chi connectivity index (χ1v) is 8.62. The second-order valence-corrected chi connectivity index (χ2v) is 7.30. The predicted octanol–water partition coefficient (Wildman–Crippen LogP) is 4.57. The maximum Gasteiger partial charge on any atom is 0.282 e. The van der Waals surface area contributed by atoms with E-state index < -0.39 is 11.5 Å². The van der Waals surface area contributed by atoms with E-state index >= 15 is 0 Å². The van der Waals surface area contributed by atoms with E-state index in [9.17, 15) is 8.78 Å². The van der Waals surface area contributed by atoms with Crippen molar-refractivity contribution in [2.75, 3.05) is 0 Å². The van der Waals surface area contributed by atoms with Crippen LogP contribution in [0.4, 0.5) is 8.78 Å². The maximum absolute atomic E-state index is 13.0. The number of hydrogen-bond donors (Lipinski definition) is 1. The smallest absolute Gasteiger partial charge is 0.282 e. The van der Waals surface area contributed by atoms with Crippen LogP contribution in [0.1, 0.15) is 39.0 Å². The summed E-state index contributed by atoms with van der Waals surface area (Å²) in [6.45, 7) is 1.93. The second-order valence-electron chi connectivity index (χ2n) is 5.60. The molecule has 118 valence electrons. The molecule has 0 saturated heterocycles. The first-order chi connectivity index (χ1) is 9.80. The van der Waals surface area contributed by atoms with Crippen molar-refractivity contribution < 1.29 is 13.5 Å². The minimum Gasteiger partial charge on any atom is -0.459 e. The summed E-state index contributed by atoms with van der Waals surface area (Å²) >= 11 is 4.98. The van der Waals surface area contributed by atoms with Crippen molar-refractivity contribution in [3.05, 3.63) is 21.3 Å². The van der Waals surface area contributed by atoms with E-state index in [1.807, 2.05) is 23.8 Å². The highest BCUT2D eigenvalue weighted by Crippen LogP contribution is 2.44.